The number of carboxylic acids is 1. The van der Waals surface area contributed by atoms with Crippen LogP contribution < -0.4 is 5.32 Å². The van der Waals surface area contributed by atoms with E-state index < -0.39 is 12.0 Å². The van der Waals surface area contributed by atoms with Gasteiger partial charge in [0, 0.05) is 0 Å². The summed E-state index contributed by atoms with van der Waals surface area (Å²) in [7, 11) is 0. The van der Waals surface area contributed by atoms with Crippen molar-refractivity contribution < 1.29 is 19.4 Å². The van der Waals surface area contributed by atoms with Gasteiger partial charge in [-0.3, -0.25) is 9.59 Å². The molecule has 1 rings (SSSR count). The van der Waals surface area contributed by atoms with Gasteiger partial charge in [0.1, 0.15) is 6.04 Å². The summed E-state index contributed by atoms with van der Waals surface area (Å²) in [5, 5.41) is 11.8. The second kappa shape index (κ2) is 8.95. The standard InChI is InChI=1S/C15H27NO4/c1-3-20-15(19)13(12-7-5-4-6-8-12)9-10-16-11(2)14(17)18/h11-13,16H,3-10H2,1-2H3,(H,17,18)/t11-,13?/m0/s1. The first-order valence-electron chi connectivity index (χ1n) is 7.69. The third-order valence-electron chi connectivity index (χ3n) is 4.08. The molecule has 0 bridgehead atoms. The number of nitrogens with one attached hydrogen (secondary N) is 1. The number of carboxylic acid groups (broad SMARTS) is 1. The number of esters is 1. The van der Waals surface area contributed by atoms with Gasteiger partial charge in [0.25, 0.3) is 0 Å². The van der Waals surface area contributed by atoms with Gasteiger partial charge < -0.3 is 15.2 Å². The maximum Gasteiger partial charge on any atom is 0.320 e. The Labute approximate surface area is 121 Å². The lowest BCUT2D eigenvalue weighted by Gasteiger charge is -2.29. The van der Waals surface area contributed by atoms with Gasteiger partial charge in [0.2, 0.25) is 0 Å². The van der Waals surface area contributed by atoms with Crippen LogP contribution in [0.2, 0.25) is 0 Å². The molecule has 1 fully saturated rings. The van der Waals surface area contributed by atoms with Crippen molar-refractivity contribution in [3.63, 3.8) is 0 Å². The summed E-state index contributed by atoms with van der Waals surface area (Å²) >= 11 is 0. The molecule has 0 saturated heterocycles. The molecule has 116 valence electrons. The lowest BCUT2D eigenvalue weighted by molar-refractivity contribution is -0.150. The quantitative estimate of drug-likeness (QED) is 0.669. The van der Waals surface area contributed by atoms with Crippen LogP contribution >= 0.6 is 0 Å². The van der Waals surface area contributed by atoms with Crippen molar-refractivity contribution in [2.24, 2.45) is 11.8 Å². The van der Waals surface area contributed by atoms with Gasteiger partial charge in [-0.25, -0.2) is 0 Å². The van der Waals surface area contributed by atoms with Crippen molar-refractivity contribution in [2.75, 3.05) is 13.2 Å². The second-order valence-electron chi connectivity index (χ2n) is 5.56. The minimum absolute atomic E-state index is 0.0938. The van der Waals surface area contributed by atoms with E-state index in [4.69, 9.17) is 9.84 Å². The van der Waals surface area contributed by atoms with Crippen LogP contribution in [0.25, 0.3) is 0 Å². The maximum absolute atomic E-state index is 12.1. The van der Waals surface area contributed by atoms with Crippen LogP contribution in [0, 0.1) is 11.8 Å². The molecule has 2 atom stereocenters. The first-order chi connectivity index (χ1) is 9.56. The zero-order valence-corrected chi connectivity index (χ0v) is 12.6. The second-order valence-corrected chi connectivity index (χ2v) is 5.56. The molecule has 0 spiro atoms. The summed E-state index contributed by atoms with van der Waals surface area (Å²) in [6, 6.07) is -0.579. The van der Waals surface area contributed by atoms with Crippen LogP contribution in [0.4, 0.5) is 0 Å². The molecular formula is C15H27NO4. The summed E-state index contributed by atoms with van der Waals surface area (Å²) in [5.41, 5.74) is 0. The van der Waals surface area contributed by atoms with E-state index in [1.165, 1.54) is 19.3 Å². The fourth-order valence-electron chi connectivity index (χ4n) is 2.87. The number of carbonyl (C=O) groups excluding carboxylic acids is 1. The van der Waals surface area contributed by atoms with E-state index in [-0.39, 0.29) is 11.9 Å². The minimum atomic E-state index is -0.865. The predicted octanol–water partition coefficient (Wildman–Crippen LogP) is 2.20. The molecule has 0 aliphatic heterocycles. The molecule has 5 heteroatoms. The maximum atomic E-state index is 12.1. The number of ether oxygens (including phenoxy) is 1. The predicted molar refractivity (Wildman–Crippen MR) is 76.4 cm³/mol. The normalized spacial score (nSPS) is 19.3. The van der Waals surface area contributed by atoms with Crippen molar-refractivity contribution in [1.29, 1.82) is 0 Å². The van der Waals surface area contributed by atoms with E-state index in [1.807, 2.05) is 6.92 Å². The smallest absolute Gasteiger partial charge is 0.320 e. The zero-order valence-electron chi connectivity index (χ0n) is 12.6. The topological polar surface area (TPSA) is 75.6 Å². The number of rotatable bonds is 8. The Balaban J connectivity index is 2.49. The molecule has 1 unspecified atom stereocenters. The van der Waals surface area contributed by atoms with Crippen molar-refractivity contribution >= 4 is 11.9 Å². The molecule has 20 heavy (non-hydrogen) atoms. The summed E-state index contributed by atoms with van der Waals surface area (Å²) in [6.07, 6.45) is 6.43. The summed E-state index contributed by atoms with van der Waals surface area (Å²) in [5.74, 6) is -0.687. The number of hydrogen-bond acceptors (Lipinski definition) is 4. The highest BCUT2D eigenvalue weighted by molar-refractivity contribution is 5.73. The number of hydrogen-bond donors (Lipinski definition) is 2. The van der Waals surface area contributed by atoms with E-state index in [9.17, 15) is 9.59 Å². The van der Waals surface area contributed by atoms with Gasteiger partial charge in [0.15, 0.2) is 0 Å². The first kappa shape index (κ1) is 17.0. The Kier molecular flexibility index (Phi) is 7.59. The molecule has 2 N–H and O–H groups in total. The molecule has 0 aromatic rings. The highest BCUT2D eigenvalue weighted by Gasteiger charge is 2.30. The average Bonchev–Trinajstić information content (AvgIpc) is 2.44. The molecule has 1 aliphatic rings. The Morgan fingerprint density at radius 1 is 1.30 bits per heavy atom. The zero-order chi connectivity index (χ0) is 15.0. The van der Waals surface area contributed by atoms with Crippen molar-refractivity contribution in [3.8, 4) is 0 Å². The summed E-state index contributed by atoms with van der Waals surface area (Å²) in [4.78, 5) is 22.8. The Hall–Kier alpha value is -1.10. The third kappa shape index (κ3) is 5.49. The first-order valence-corrected chi connectivity index (χ1v) is 7.69. The van der Waals surface area contributed by atoms with Crippen molar-refractivity contribution in [3.05, 3.63) is 0 Å². The van der Waals surface area contributed by atoms with E-state index in [2.05, 4.69) is 5.32 Å². The van der Waals surface area contributed by atoms with E-state index in [1.54, 1.807) is 6.92 Å². The Morgan fingerprint density at radius 3 is 2.50 bits per heavy atom. The van der Waals surface area contributed by atoms with Gasteiger partial charge in [-0.1, -0.05) is 19.3 Å². The van der Waals surface area contributed by atoms with Crippen LogP contribution in [-0.2, 0) is 14.3 Å². The van der Waals surface area contributed by atoms with Crippen LogP contribution in [0.15, 0.2) is 0 Å². The molecule has 1 aliphatic carbocycles. The van der Waals surface area contributed by atoms with Crippen LogP contribution in [0.5, 0.6) is 0 Å². The Bertz CT molecular complexity index is 313. The van der Waals surface area contributed by atoms with Crippen molar-refractivity contribution in [1.82, 2.24) is 5.32 Å². The fourth-order valence-corrected chi connectivity index (χ4v) is 2.87. The molecular weight excluding hydrogens is 258 g/mol. The van der Waals surface area contributed by atoms with Gasteiger partial charge >= 0.3 is 11.9 Å². The van der Waals surface area contributed by atoms with Gasteiger partial charge in [0.05, 0.1) is 12.5 Å². The van der Waals surface area contributed by atoms with Crippen LogP contribution in [0.1, 0.15) is 52.4 Å². The number of carbonyl (C=O) groups is 2. The van der Waals surface area contributed by atoms with Gasteiger partial charge in [-0.05, 0) is 45.6 Å². The molecule has 1 saturated carbocycles. The molecule has 0 radical (unpaired) electrons. The average molecular weight is 285 g/mol. The Morgan fingerprint density at radius 2 is 1.95 bits per heavy atom. The monoisotopic (exact) mass is 285 g/mol. The highest BCUT2D eigenvalue weighted by Crippen LogP contribution is 2.32. The summed E-state index contributed by atoms with van der Waals surface area (Å²) < 4.78 is 5.18. The van der Waals surface area contributed by atoms with Crippen LogP contribution in [0.3, 0.4) is 0 Å². The lowest BCUT2D eigenvalue weighted by Crippen LogP contribution is -2.37. The molecule has 0 amide bonds. The van der Waals surface area contributed by atoms with E-state index in [0.29, 0.717) is 25.5 Å². The highest BCUT2D eigenvalue weighted by atomic mass is 16.5. The summed E-state index contributed by atoms with van der Waals surface area (Å²) in [6.45, 7) is 4.37. The van der Waals surface area contributed by atoms with E-state index >= 15 is 0 Å². The number of aliphatic carboxylic acids is 1. The van der Waals surface area contributed by atoms with Gasteiger partial charge in [-0.15, -0.1) is 0 Å². The van der Waals surface area contributed by atoms with Crippen LogP contribution in [-0.4, -0.2) is 36.2 Å². The minimum Gasteiger partial charge on any atom is -0.480 e. The van der Waals surface area contributed by atoms with E-state index in [0.717, 1.165) is 12.8 Å². The van der Waals surface area contributed by atoms with Crippen molar-refractivity contribution in [2.45, 2.75) is 58.4 Å². The molecule has 0 aromatic heterocycles. The SMILES string of the molecule is CCOC(=O)C(CCN[C@@H](C)C(=O)O)C1CCCCC1. The fraction of sp³-hybridized carbons (Fsp3) is 0.867. The van der Waals surface area contributed by atoms with Gasteiger partial charge in [-0.2, -0.15) is 0 Å². The molecule has 0 heterocycles. The molecule has 5 nitrogen and oxygen atoms in total. The largest absolute Gasteiger partial charge is 0.480 e. The molecule has 0 aromatic carbocycles. The third-order valence-corrected chi connectivity index (χ3v) is 4.08. The lowest BCUT2D eigenvalue weighted by atomic mass is 9.78.